The van der Waals surface area contributed by atoms with Crippen LogP contribution in [0, 0.1) is 0 Å². The smallest absolute Gasteiger partial charge is 0.0619 e. The van der Waals surface area contributed by atoms with Crippen LogP contribution in [0.15, 0.2) is 109 Å². The van der Waals surface area contributed by atoms with E-state index in [1.165, 1.54) is 54.9 Å². The lowest BCUT2D eigenvalue weighted by atomic mass is 9.92. The van der Waals surface area contributed by atoms with Gasteiger partial charge in [-0.25, -0.2) is 0 Å². The van der Waals surface area contributed by atoms with Crippen LogP contribution in [0.2, 0.25) is 26.2 Å². The summed E-state index contributed by atoms with van der Waals surface area (Å²) in [5.41, 5.74) is 8.29. The molecule has 0 nitrogen and oxygen atoms in total. The molecule has 0 saturated carbocycles. The van der Waals surface area contributed by atoms with Crippen LogP contribution < -0.4 is 20.7 Å². The average Bonchev–Trinajstić information content (AvgIpc) is 2.94. The summed E-state index contributed by atoms with van der Waals surface area (Å²) in [5.74, 6) is 0. The van der Waals surface area contributed by atoms with E-state index in [0.29, 0.717) is 0 Å². The second-order valence-electron chi connectivity index (χ2n) is 12.2. The van der Waals surface area contributed by atoms with Gasteiger partial charge in [-0.3, -0.25) is 0 Å². The van der Waals surface area contributed by atoms with Gasteiger partial charge in [0.1, 0.15) is 16.1 Å². The molecule has 0 aromatic heterocycles. The first kappa shape index (κ1) is 22.3. The zero-order chi connectivity index (χ0) is 25.8. The Kier molecular flexibility index (Phi) is 4.36. The molecule has 0 N–H and O–H groups in total. The highest BCUT2D eigenvalue weighted by Gasteiger charge is 2.37. The lowest BCUT2D eigenvalue weighted by Crippen LogP contribution is -2.56. The Morgan fingerprint density at radius 2 is 0.763 bits per heavy atom. The van der Waals surface area contributed by atoms with Gasteiger partial charge in [-0.2, -0.15) is 0 Å². The first-order valence-electron chi connectivity index (χ1n) is 13.7. The summed E-state index contributed by atoms with van der Waals surface area (Å²) in [6, 6.07) is 42.0. The molecule has 0 saturated heterocycles. The van der Waals surface area contributed by atoms with Crippen molar-refractivity contribution >= 4 is 58.4 Å². The Bertz CT molecular complexity index is 1820. The maximum atomic E-state index is 2.51. The molecule has 0 amide bonds. The largest absolute Gasteiger partial charge is 0.113 e. The van der Waals surface area contributed by atoms with E-state index in [-0.39, 0.29) is 0 Å². The van der Waals surface area contributed by atoms with Crippen molar-refractivity contribution in [1.29, 1.82) is 0 Å². The van der Waals surface area contributed by atoms with E-state index < -0.39 is 16.1 Å². The van der Waals surface area contributed by atoms with Gasteiger partial charge >= 0.3 is 0 Å². The van der Waals surface area contributed by atoms with Gasteiger partial charge in [-0.05, 0) is 87.8 Å². The molecule has 2 heteroatoms. The molecule has 8 rings (SSSR count). The minimum Gasteiger partial charge on any atom is -0.0619 e. The van der Waals surface area contributed by atoms with Crippen molar-refractivity contribution in [3.8, 4) is 33.4 Å². The van der Waals surface area contributed by atoms with Gasteiger partial charge < -0.3 is 0 Å². The molecule has 0 unspecified atom stereocenters. The predicted molar refractivity (Wildman–Crippen MR) is 171 cm³/mol. The molecular formula is C36H30Si2. The normalized spacial score (nSPS) is 15.8. The minimum atomic E-state index is -1.79. The van der Waals surface area contributed by atoms with E-state index >= 15 is 0 Å². The number of fused-ring (bicyclic) bond motifs is 4. The van der Waals surface area contributed by atoms with Crippen LogP contribution in [0.3, 0.4) is 0 Å². The maximum Gasteiger partial charge on any atom is 0.113 e. The van der Waals surface area contributed by atoms with Gasteiger partial charge in [0.25, 0.3) is 0 Å². The maximum absolute atomic E-state index is 2.51. The zero-order valence-electron chi connectivity index (χ0n) is 22.4. The summed E-state index contributed by atoms with van der Waals surface area (Å²) in [6.07, 6.45) is 0. The molecule has 0 spiro atoms. The predicted octanol–water partition coefficient (Wildman–Crippen LogP) is 7.27. The average molecular weight is 519 g/mol. The molecule has 2 aliphatic heterocycles. The Balaban J connectivity index is 1.37. The summed E-state index contributed by atoms with van der Waals surface area (Å²) in [7, 11) is -3.59. The second kappa shape index (κ2) is 7.44. The van der Waals surface area contributed by atoms with Crippen molar-refractivity contribution < 1.29 is 0 Å². The van der Waals surface area contributed by atoms with Crippen molar-refractivity contribution in [3.63, 3.8) is 0 Å². The Morgan fingerprint density at radius 3 is 1.18 bits per heavy atom. The molecule has 0 radical (unpaired) electrons. The van der Waals surface area contributed by atoms with E-state index in [2.05, 4.69) is 135 Å². The monoisotopic (exact) mass is 518 g/mol. The third kappa shape index (κ3) is 2.79. The second-order valence-corrected chi connectivity index (χ2v) is 20.8. The van der Waals surface area contributed by atoms with E-state index in [1.807, 2.05) is 0 Å². The topological polar surface area (TPSA) is 0 Å². The minimum absolute atomic E-state index is 1.32. The van der Waals surface area contributed by atoms with Crippen LogP contribution in [0.25, 0.3) is 54.9 Å². The first-order valence-corrected chi connectivity index (χ1v) is 19.7. The molecule has 6 aromatic rings. The van der Waals surface area contributed by atoms with E-state index in [4.69, 9.17) is 0 Å². The first-order chi connectivity index (χ1) is 18.4. The highest BCUT2D eigenvalue weighted by Crippen LogP contribution is 2.38. The van der Waals surface area contributed by atoms with Crippen LogP contribution in [-0.4, -0.2) is 16.1 Å². The van der Waals surface area contributed by atoms with Gasteiger partial charge in [-0.15, -0.1) is 0 Å². The van der Waals surface area contributed by atoms with Crippen molar-refractivity contribution in [2.45, 2.75) is 26.2 Å². The van der Waals surface area contributed by atoms with Crippen LogP contribution >= 0.6 is 0 Å². The van der Waals surface area contributed by atoms with Crippen molar-refractivity contribution in [2.75, 3.05) is 0 Å². The van der Waals surface area contributed by atoms with Gasteiger partial charge in [0.05, 0.1) is 0 Å². The number of benzene rings is 6. The summed E-state index contributed by atoms with van der Waals surface area (Å²) in [4.78, 5) is 0. The van der Waals surface area contributed by atoms with Crippen molar-refractivity contribution in [2.24, 2.45) is 0 Å². The Labute approximate surface area is 226 Å². The van der Waals surface area contributed by atoms with E-state index in [9.17, 15) is 0 Å². The van der Waals surface area contributed by atoms with E-state index in [1.54, 1.807) is 20.7 Å². The van der Waals surface area contributed by atoms with Crippen molar-refractivity contribution in [1.82, 2.24) is 0 Å². The molecule has 2 heterocycles. The molecule has 2 aliphatic rings. The van der Waals surface area contributed by atoms with Gasteiger partial charge in [0.2, 0.25) is 0 Å². The number of rotatable bonds is 1. The summed E-state index contributed by atoms with van der Waals surface area (Å²) >= 11 is 0. The molecule has 0 fully saturated rings. The fraction of sp³-hybridized carbons (Fsp3) is 0.111. The molecule has 0 aliphatic carbocycles. The quantitative estimate of drug-likeness (QED) is 0.201. The summed E-state index contributed by atoms with van der Waals surface area (Å²) < 4.78 is 0. The summed E-state index contributed by atoms with van der Waals surface area (Å²) in [6.45, 7) is 10.1. The van der Waals surface area contributed by atoms with Gasteiger partial charge in [0, 0.05) is 0 Å². The SMILES string of the molecule is C[Si]1(C)c2ccc(-c3ccc4c(c3)-c3cccc5cccc(c35)[Si]4(C)C)cc2-c2cccc3cccc1c23. The molecule has 38 heavy (non-hydrogen) atoms. The van der Waals surface area contributed by atoms with Crippen molar-refractivity contribution in [3.05, 3.63) is 109 Å². The third-order valence-electron chi connectivity index (χ3n) is 9.46. The fourth-order valence-electron chi connectivity index (χ4n) is 7.45. The zero-order valence-corrected chi connectivity index (χ0v) is 24.4. The number of hydrogen-bond donors (Lipinski definition) is 0. The lowest BCUT2D eigenvalue weighted by molar-refractivity contribution is 1.58. The fourth-order valence-corrected chi connectivity index (χ4v) is 13.6. The van der Waals surface area contributed by atoms with Crippen LogP contribution in [0.1, 0.15) is 0 Å². The van der Waals surface area contributed by atoms with Crippen LogP contribution in [0.5, 0.6) is 0 Å². The van der Waals surface area contributed by atoms with Gasteiger partial charge in [0.15, 0.2) is 0 Å². The lowest BCUT2D eigenvalue weighted by Gasteiger charge is -2.34. The number of hydrogen-bond acceptors (Lipinski definition) is 0. The highest BCUT2D eigenvalue weighted by atomic mass is 28.3. The van der Waals surface area contributed by atoms with E-state index in [0.717, 1.165) is 0 Å². The molecule has 0 bridgehead atoms. The third-order valence-corrected chi connectivity index (χ3v) is 16.5. The molecule has 0 atom stereocenters. The molecule has 182 valence electrons. The van der Waals surface area contributed by atoms with Gasteiger partial charge in [-0.1, -0.05) is 123 Å². The summed E-state index contributed by atoms with van der Waals surface area (Å²) in [5, 5.41) is 11.9. The van der Waals surface area contributed by atoms with Crippen LogP contribution in [0.4, 0.5) is 0 Å². The Hall–Kier alpha value is -3.73. The standard InChI is InChI=1S/C36H30Si2/c1-37(2)31-19-17-25(21-29(31)27-13-5-9-23-11-7-15-33(37)35(23)27)26-18-20-32-30(22-26)28-14-6-10-24-12-8-16-34(36(24)28)38(32,3)4/h5-22H,1-4H3. The molecular weight excluding hydrogens is 489 g/mol. The Morgan fingerprint density at radius 1 is 0.368 bits per heavy atom. The molecule has 6 aromatic carbocycles. The highest BCUT2D eigenvalue weighted by molar-refractivity contribution is 7.04. The van der Waals surface area contributed by atoms with Crippen LogP contribution in [-0.2, 0) is 0 Å².